The summed E-state index contributed by atoms with van der Waals surface area (Å²) in [5.41, 5.74) is 1.43. The predicted molar refractivity (Wildman–Crippen MR) is 82.0 cm³/mol. The Hall–Kier alpha value is -0.970. The van der Waals surface area contributed by atoms with Crippen LogP contribution < -0.4 is 0 Å². The van der Waals surface area contributed by atoms with E-state index in [4.69, 9.17) is 9.47 Å². The van der Waals surface area contributed by atoms with Crippen LogP contribution in [0.15, 0.2) is 24.5 Å². The van der Waals surface area contributed by atoms with Gasteiger partial charge in [0, 0.05) is 52.4 Å². The van der Waals surface area contributed by atoms with Crippen molar-refractivity contribution in [1.29, 1.82) is 0 Å². The van der Waals surface area contributed by atoms with Crippen LogP contribution in [0, 0.1) is 5.92 Å². The van der Waals surface area contributed by atoms with Gasteiger partial charge in [-0.3, -0.25) is 9.88 Å². The van der Waals surface area contributed by atoms with Gasteiger partial charge in [-0.25, -0.2) is 0 Å². The zero-order valence-electron chi connectivity index (χ0n) is 13.0. The minimum absolute atomic E-state index is 0.129. The van der Waals surface area contributed by atoms with Gasteiger partial charge in [-0.2, -0.15) is 0 Å². The fourth-order valence-corrected chi connectivity index (χ4v) is 3.84. The van der Waals surface area contributed by atoms with Gasteiger partial charge in [-0.15, -0.1) is 0 Å². The lowest BCUT2D eigenvalue weighted by Crippen LogP contribution is -2.47. The van der Waals surface area contributed by atoms with E-state index in [0.717, 1.165) is 52.1 Å². The number of ether oxygens (including phenoxy) is 2. The summed E-state index contributed by atoms with van der Waals surface area (Å²) >= 11 is 0. The first-order valence-electron chi connectivity index (χ1n) is 8.06. The molecule has 0 aromatic carbocycles. The molecule has 1 aromatic rings. The van der Waals surface area contributed by atoms with E-state index in [1.54, 1.807) is 7.11 Å². The number of pyridine rings is 1. The normalized spacial score (nSPS) is 25.5. The van der Waals surface area contributed by atoms with E-state index < -0.39 is 0 Å². The molecule has 4 nitrogen and oxygen atoms in total. The maximum absolute atomic E-state index is 6.20. The predicted octanol–water partition coefficient (Wildman–Crippen LogP) is 2.49. The van der Waals surface area contributed by atoms with Gasteiger partial charge < -0.3 is 9.47 Å². The molecule has 0 aliphatic carbocycles. The minimum atomic E-state index is 0.129. The van der Waals surface area contributed by atoms with Crippen LogP contribution in [0.1, 0.15) is 31.2 Å². The Kier molecular flexibility index (Phi) is 4.88. The van der Waals surface area contributed by atoms with Crippen LogP contribution in [0.3, 0.4) is 0 Å². The second-order valence-corrected chi connectivity index (χ2v) is 6.32. The minimum Gasteiger partial charge on any atom is -0.385 e. The van der Waals surface area contributed by atoms with Gasteiger partial charge in [0.15, 0.2) is 0 Å². The van der Waals surface area contributed by atoms with Crippen LogP contribution in [0.4, 0.5) is 0 Å². The first-order valence-corrected chi connectivity index (χ1v) is 8.06. The number of aromatic nitrogens is 1. The third kappa shape index (κ3) is 3.44. The van der Waals surface area contributed by atoms with Crippen molar-refractivity contribution in [2.24, 2.45) is 5.92 Å². The molecule has 4 heteroatoms. The molecule has 1 aromatic heterocycles. The smallest absolute Gasteiger partial charge is 0.0736 e. The van der Waals surface area contributed by atoms with Crippen LogP contribution in [0.2, 0.25) is 0 Å². The van der Waals surface area contributed by atoms with Crippen molar-refractivity contribution >= 4 is 0 Å². The summed E-state index contributed by atoms with van der Waals surface area (Å²) in [6.07, 6.45) is 8.45. The molecule has 2 aliphatic rings. The van der Waals surface area contributed by atoms with Gasteiger partial charge in [-0.05, 0) is 43.2 Å². The molecule has 0 radical (unpaired) electrons. The average Bonchev–Trinajstić information content (AvgIpc) is 2.91. The largest absolute Gasteiger partial charge is 0.385 e. The second-order valence-electron chi connectivity index (χ2n) is 6.32. The Morgan fingerprint density at radius 1 is 1.43 bits per heavy atom. The summed E-state index contributed by atoms with van der Waals surface area (Å²) in [5, 5.41) is 0. The Balaban J connectivity index is 1.54. The number of nitrogens with zero attached hydrogens (tertiary/aromatic N) is 2. The summed E-state index contributed by atoms with van der Waals surface area (Å²) in [7, 11) is 1.79. The molecule has 1 atom stereocenters. The molecule has 0 unspecified atom stereocenters. The van der Waals surface area contributed by atoms with Gasteiger partial charge >= 0.3 is 0 Å². The van der Waals surface area contributed by atoms with Crippen molar-refractivity contribution in [3.63, 3.8) is 0 Å². The van der Waals surface area contributed by atoms with Crippen LogP contribution in [0.5, 0.6) is 0 Å². The third-order valence-corrected chi connectivity index (χ3v) is 5.10. The molecular formula is C17H26N2O2. The van der Waals surface area contributed by atoms with E-state index in [-0.39, 0.29) is 5.60 Å². The highest BCUT2D eigenvalue weighted by molar-refractivity contribution is 5.08. The Morgan fingerprint density at radius 3 is 3.00 bits per heavy atom. The van der Waals surface area contributed by atoms with Gasteiger partial charge in [0.2, 0.25) is 0 Å². The molecule has 3 rings (SSSR count). The Bertz CT molecular complexity index is 430. The van der Waals surface area contributed by atoms with Crippen molar-refractivity contribution < 1.29 is 9.47 Å². The van der Waals surface area contributed by atoms with Crippen molar-refractivity contribution in [1.82, 2.24) is 9.88 Å². The number of hydrogen-bond acceptors (Lipinski definition) is 4. The summed E-state index contributed by atoms with van der Waals surface area (Å²) in [6, 6.07) is 4.17. The molecule has 1 spiro atoms. The van der Waals surface area contributed by atoms with Crippen LogP contribution in [-0.4, -0.2) is 48.9 Å². The maximum Gasteiger partial charge on any atom is 0.0736 e. The lowest BCUT2D eigenvalue weighted by molar-refractivity contribution is -0.0721. The molecule has 2 saturated heterocycles. The van der Waals surface area contributed by atoms with Gasteiger partial charge in [0.05, 0.1) is 5.60 Å². The molecule has 2 fully saturated rings. The average molecular weight is 290 g/mol. The van der Waals surface area contributed by atoms with Crippen molar-refractivity contribution in [3.05, 3.63) is 30.1 Å². The van der Waals surface area contributed by atoms with E-state index in [9.17, 15) is 0 Å². The van der Waals surface area contributed by atoms with Gasteiger partial charge in [-0.1, -0.05) is 6.07 Å². The third-order valence-electron chi connectivity index (χ3n) is 5.10. The molecule has 0 bridgehead atoms. The molecule has 21 heavy (non-hydrogen) atoms. The van der Waals surface area contributed by atoms with Crippen LogP contribution >= 0.6 is 0 Å². The summed E-state index contributed by atoms with van der Waals surface area (Å²) < 4.78 is 11.5. The first kappa shape index (κ1) is 14.9. The number of methoxy groups -OCH3 is 1. The lowest BCUT2D eigenvalue weighted by Gasteiger charge is -2.42. The summed E-state index contributed by atoms with van der Waals surface area (Å²) in [6.45, 7) is 5.04. The monoisotopic (exact) mass is 290 g/mol. The highest BCUT2D eigenvalue weighted by Gasteiger charge is 2.45. The number of piperidine rings is 1. The fraction of sp³-hybridized carbons (Fsp3) is 0.706. The molecule has 0 amide bonds. The molecule has 0 N–H and O–H groups in total. The molecule has 3 heterocycles. The van der Waals surface area contributed by atoms with Crippen LogP contribution in [0.25, 0.3) is 0 Å². The molecule has 2 aliphatic heterocycles. The fourth-order valence-electron chi connectivity index (χ4n) is 3.84. The molecular weight excluding hydrogens is 264 g/mol. The zero-order valence-corrected chi connectivity index (χ0v) is 13.0. The van der Waals surface area contributed by atoms with E-state index in [2.05, 4.69) is 16.0 Å². The van der Waals surface area contributed by atoms with E-state index >= 15 is 0 Å². The Labute approximate surface area is 127 Å². The quantitative estimate of drug-likeness (QED) is 0.834. The van der Waals surface area contributed by atoms with E-state index in [1.807, 2.05) is 18.5 Å². The first-order chi connectivity index (χ1) is 10.3. The van der Waals surface area contributed by atoms with E-state index in [0.29, 0.717) is 5.92 Å². The summed E-state index contributed by atoms with van der Waals surface area (Å²) in [5.74, 6) is 0.679. The van der Waals surface area contributed by atoms with Crippen LogP contribution in [-0.2, 0) is 16.0 Å². The van der Waals surface area contributed by atoms with Gasteiger partial charge in [0.25, 0.3) is 0 Å². The maximum atomic E-state index is 6.20. The van der Waals surface area contributed by atoms with Crippen molar-refractivity contribution in [2.45, 2.75) is 37.8 Å². The molecule has 116 valence electrons. The lowest BCUT2D eigenvalue weighted by atomic mass is 9.78. The van der Waals surface area contributed by atoms with Gasteiger partial charge in [0.1, 0.15) is 0 Å². The number of hydrogen-bond donors (Lipinski definition) is 0. The number of rotatable bonds is 5. The standard InChI is InChI=1S/C17H26N2O2/c1-20-11-4-16-5-12-21-17(16)6-9-19(10-7-17)14-15-3-2-8-18-13-15/h2-3,8,13,16H,4-7,9-12,14H2,1H3/t16-/m0/s1. The highest BCUT2D eigenvalue weighted by Crippen LogP contribution is 2.42. The topological polar surface area (TPSA) is 34.6 Å². The SMILES string of the molecule is COCC[C@H]1CCOC12CCN(Cc1cccnc1)CC2. The highest BCUT2D eigenvalue weighted by atomic mass is 16.5. The zero-order chi connectivity index (χ0) is 14.5. The van der Waals surface area contributed by atoms with Crippen molar-refractivity contribution in [3.8, 4) is 0 Å². The Morgan fingerprint density at radius 2 is 2.29 bits per heavy atom. The van der Waals surface area contributed by atoms with Crippen molar-refractivity contribution in [2.75, 3.05) is 33.4 Å². The number of likely N-dealkylation sites (tertiary alicyclic amines) is 1. The van der Waals surface area contributed by atoms with E-state index in [1.165, 1.54) is 12.0 Å². The molecule has 0 saturated carbocycles. The summed E-state index contributed by atoms with van der Waals surface area (Å²) in [4.78, 5) is 6.73. The second kappa shape index (κ2) is 6.86.